The molecule has 0 bridgehead atoms. The summed E-state index contributed by atoms with van der Waals surface area (Å²) in [5, 5.41) is 13.1. The van der Waals surface area contributed by atoms with Gasteiger partial charge in [-0.2, -0.15) is 0 Å². The number of amides is 1. The van der Waals surface area contributed by atoms with E-state index in [4.69, 9.17) is 4.98 Å². The molecular weight excluding hydrogens is 502 g/mol. The van der Waals surface area contributed by atoms with Gasteiger partial charge in [0.05, 0.1) is 33.4 Å². The third-order valence-corrected chi connectivity index (χ3v) is 8.10. The van der Waals surface area contributed by atoms with Crippen LogP contribution in [0.2, 0.25) is 0 Å². The van der Waals surface area contributed by atoms with E-state index in [2.05, 4.69) is 25.3 Å². The fraction of sp³-hybridized carbons (Fsp3) is 0.370. The van der Waals surface area contributed by atoms with Crippen molar-refractivity contribution in [3.8, 4) is 22.4 Å². The molecule has 1 aromatic carbocycles. The van der Waals surface area contributed by atoms with Crippen molar-refractivity contribution in [3.63, 3.8) is 0 Å². The monoisotopic (exact) mass is 531 g/mol. The van der Waals surface area contributed by atoms with Crippen LogP contribution in [0.15, 0.2) is 36.9 Å². The molecule has 0 spiro atoms. The highest BCUT2D eigenvalue weighted by Crippen LogP contribution is 2.38. The number of carbonyl (C=O) groups is 2. The van der Waals surface area contributed by atoms with Crippen LogP contribution in [0.3, 0.4) is 0 Å². The minimum Gasteiger partial charge on any atom is -0.481 e. The van der Waals surface area contributed by atoms with Crippen molar-refractivity contribution >= 4 is 39.4 Å². The van der Waals surface area contributed by atoms with E-state index >= 15 is 0 Å². The number of aliphatic carboxylic acids is 1. The van der Waals surface area contributed by atoms with Crippen molar-refractivity contribution in [2.75, 3.05) is 24.5 Å². The summed E-state index contributed by atoms with van der Waals surface area (Å²) in [6, 6.07) is 4.03. The van der Waals surface area contributed by atoms with Gasteiger partial charge in [0, 0.05) is 55.5 Å². The van der Waals surface area contributed by atoms with Gasteiger partial charge >= 0.3 is 5.97 Å². The molecule has 0 saturated carbocycles. The van der Waals surface area contributed by atoms with Gasteiger partial charge in [0.1, 0.15) is 5.01 Å². The second kappa shape index (κ2) is 10.4. The number of likely N-dealkylation sites (N-methyl/N-ethyl adjacent to an activating group) is 1. The molecule has 1 saturated heterocycles. The van der Waals surface area contributed by atoms with Gasteiger partial charge in [-0.3, -0.25) is 19.6 Å². The molecule has 1 aliphatic heterocycles. The number of rotatable bonds is 7. The average molecular weight is 532 g/mol. The van der Waals surface area contributed by atoms with E-state index in [1.807, 2.05) is 30.9 Å². The lowest BCUT2D eigenvalue weighted by atomic mass is 9.80. The summed E-state index contributed by atoms with van der Waals surface area (Å²) in [5.74, 6) is -0.228. The van der Waals surface area contributed by atoms with Gasteiger partial charge in [0.15, 0.2) is 0 Å². The molecule has 11 heteroatoms. The molecule has 0 aliphatic carbocycles. The predicted molar refractivity (Wildman–Crippen MR) is 146 cm³/mol. The standard InChI is InChI=1S/C27H29N7O3S/c1-4-28-21(35)13-22-33-20-12-17(11-19(24(20)38-22)23-16(2)29-7-8-30-23)18-14-31-26(32-15-18)34-9-5-27(3,6-10-34)25(36)37/h7-8,11-12,14-15H,4-6,9-10,13H2,1-3H3,(H,28,35)(H,36,37). The zero-order chi connectivity index (χ0) is 26.9. The van der Waals surface area contributed by atoms with Gasteiger partial charge < -0.3 is 15.3 Å². The quantitative estimate of drug-likeness (QED) is 0.364. The lowest BCUT2D eigenvalue weighted by molar-refractivity contribution is -0.149. The van der Waals surface area contributed by atoms with E-state index in [1.54, 1.807) is 31.7 Å². The van der Waals surface area contributed by atoms with Crippen LogP contribution in [0, 0.1) is 12.3 Å². The minimum atomic E-state index is -0.755. The van der Waals surface area contributed by atoms with Gasteiger partial charge in [-0.1, -0.05) is 0 Å². The number of carbonyl (C=O) groups excluding carboxylic acids is 1. The van der Waals surface area contributed by atoms with E-state index in [0.717, 1.165) is 43.3 Å². The van der Waals surface area contributed by atoms with E-state index < -0.39 is 11.4 Å². The van der Waals surface area contributed by atoms with E-state index in [1.165, 1.54) is 11.3 Å². The number of aryl methyl sites for hydroxylation is 1. The topological polar surface area (TPSA) is 134 Å². The van der Waals surface area contributed by atoms with Crippen LogP contribution in [0.1, 0.15) is 37.4 Å². The fourth-order valence-corrected chi connectivity index (χ4v) is 5.67. The molecule has 0 atom stereocenters. The number of fused-ring (bicyclic) bond motifs is 1. The Labute approximate surface area is 224 Å². The smallest absolute Gasteiger partial charge is 0.309 e. The molecule has 1 fully saturated rings. The van der Waals surface area contributed by atoms with Gasteiger partial charge in [-0.15, -0.1) is 11.3 Å². The number of anilines is 1. The zero-order valence-electron chi connectivity index (χ0n) is 21.6. The summed E-state index contributed by atoms with van der Waals surface area (Å²) < 4.78 is 0.948. The Kier molecular flexibility index (Phi) is 7.02. The fourth-order valence-electron chi connectivity index (χ4n) is 4.61. The van der Waals surface area contributed by atoms with Crippen LogP contribution in [0.4, 0.5) is 5.95 Å². The molecule has 1 aliphatic rings. The zero-order valence-corrected chi connectivity index (χ0v) is 22.4. The molecule has 0 unspecified atom stereocenters. The summed E-state index contributed by atoms with van der Waals surface area (Å²) in [5.41, 5.74) is 4.25. The van der Waals surface area contributed by atoms with Gasteiger partial charge in [-0.05, 0) is 51.3 Å². The Balaban J connectivity index is 1.49. The van der Waals surface area contributed by atoms with Crippen LogP contribution in [-0.2, 0) is 16.0 Å². The first-order chi connectivity index (χ1) is 18.3. The molecule has 1 amide bonds. The Morgan fingerprint density at radius 2 is 1.79 bits per heavy atom. The second-order valence-electron chi connectivity index (χ2n) is 9.72. The Morgan fingerprint density at radius 1 is 1.08 bits per heavy atom. The predicted octanol–water partition coefficient (Wildman–Crippen LogP) is 3.89. The maximum Gasteiger partial charge on any atom is 0.309 e. The summed E-state index contributed by atoms with van der Waals surface area (Å²) in [7, 11) is 0. The Bertz CT molecular complexity index is 1490. The van der Waals surface area contributed by atoms with Crippen LogP contribution in [0.5, 0.6) is 0 Å². The van der Waals surface area contributed by atoms with Crippen molar-refractivity contribution in [2.24, 2.45) is 5.41 Å². The minimum absolute atomic E-state index is 0.0608. The number of nitrogens with one attached hydrogen (secondary N) is 1. The van der Waals surface area contributed by atoms with Gasteiger partial charge in [-0.25, -0.2) is 15.0 Å². The number of nitrogens with zero attached hydrogens (tertiary/aromatic N) is 6. The SMILES string of the molecule is CCNC(=O)Cc1nc2cc(-c3cnc(N4CCC(C)(C(=O)O)CC4)nc3)cc(-c3nccnc3C)c2s1. The molecule has 5 rings (SSSR count). The van der Waals surface area contributed by atoms with Gasteiger partial charge in [0.25, 0.3) is 0 Å². The number of benzene rings is 1. The summed E-state index contributed by atoms with van der Waals surface area (Å²) >= 11 is 1.49. The Morgan fingerprint density at radius 3 is 2.45 bits per heavy atom. The first kappa shape index (κ1) is 25.7. The molecule has 4 heterocycles. The maximum absolute atomic E-state index is 12.2. The molecule has 196 valence electrons. The lowest BCUT2D eigenvalue weighted by Crippen LogP contribution is -2.43. The number of thiazole rings is 1. The number of carboxylic acid groups (broad SMARTS) is 1. The first-order valence-electron chi connectivity index (χ1n) is 12.6. The number of hydrogen-bond donors (Lipinski definition) is 2. The number of carboxylic acids is 1. The summed E-state index contributed by atoms with van der Waals surface area (Å²) in [6.07, 6.45) is 8.22. The first-order valence-corrected chi connectivity index (χ1v) is 13.4. The molecule has 10 nitrogen and oxygen atoms in total. The Hall–Kier alpha value is -3.99. The van der Waals surface area contributed by atoms with Crippen molar-refractivity contribution < 1.29 is 14.7 Å². The molecule has 2 N–H and O–H groups in total. The maximum atomic E-state index is 12.2. The molecular formula is C27H29N7O3S. The highest BCUT2D eigenvalue weighted by molar-refractivity contribution is 7.19. The van der Waals surface area contributed by atoms with Gasteiger partial charge in [0.2, 0.25) is 11.9 Å². The van der Waals surface area contributed by atoms with E-state index in [9.17, 15) is 14.7 Å². The lowest BCUT2D eigenvalue weighted by Gasteiger charge is -2.36. The molecule has 0 radical (unpaired) electrons. The van der Waals surface area contributed by atoms with Crippen molar-refractivity contribution in [2.45, 2.75) is 40.0 Å². The van der Waals surface area contributed by atoms with Crippen LogP contribution >= 0.6 is 11.3 Å². The third-order valence-electron chi connectivity index (χ3n) is 6.99. The third kappa shape index (κ3) is 5.06. The number of hydrogen-bond acceptors (Lipinski definition) is 9. The molecule has 38 heavy (non-hydrogen) atoms. The highest BCUT2D eigenvalue weighted by atomic mass is 32.1. The van der Waals surface area contributed by atoms with Crippen molar-refractivity contribution in [3.05, 3.63) is 47.6 Å². The van der Waals surface area contributed by atoms with Crippen molar-refractivity contribution in [1.29, 1.82) is 0 Å². The van der Waals surface area contributed by atoms with Crippen LogP contribution in [-0.4, -0.2) is 61.5 Å². The largest absolute Gasteiger partial charge is 0.481 e. The van der Waals surface area contributed by atoms with Crippen molar-refractivity contribution in [1.82, 2.24) is 30.2 Å². The number of piperidine rings is 1. The summed E-state index contributed by atoms with van der Waals surface area (Å²) in [6.45, 7) is 7.37. The molecule has 3 aromatic heterocycles. The summed E-state index contributed by atoms with van der Waals surface area (Å²) in [4.78, 5) is 48.8. The number of aromatic nitrogens is 5. The van der Waals surface area contributed by atoms with E-state index in [-0.39, 0.29) is 12.3 Å². The highest BCUT2D eigenvalue weighted by Gasteiger charge is 2.37. The normalized spacial score (nSPS) is 15.0. The second-order valence-corrected chi connectivity index (χ2v) is 10.8. The average Bonchev–Trinajstić information content (AvgIpc) is 3.31. The van der Waals surface area contributed by atoms with Crippen LogP contribution in [0.25, 0.3) is 32.6 Å². The van der Waals surface area contributed by atoms with E-state index in [0.29, 0.717) is 38.4 Å². The van der Waals surface area contributed by atoms with Crippen LogP contribution < -0.4 is 10.2 Å². The molecule has 4 aromatic rings.